The van der Waals surface area contributed by atoms with Gasteiger partial charge in [-0.1, -0.05) is 99.2 Å². The van der Waals surface area contributed by atoms with E-state index in [0.29, 0.717) is 38.5 Å². The van der Waals surface area contributed by atoms with Crippen LogP contribution >= 0.6 is 11.3 Å². The van der Waals surface area contributed by atoms with Crippen LogP contribution in [0.4, 0.5) is 0 Å². The number of hydrogen-bond acceptors (Lipinski definition) is 7. The lowest BCUT2D eigenvalue weighted by Gasteiger charge is -2.46. The Morgan fingerprint density at radius 3 is 1.54 bits per heavy atom. The summed E-state index contributed by atoms with van der Waals surface area (Å²) in [6.07, 6.45) is 26.1. The number of aliphatic carboxylic acids is 2. The number of carboxylic acid groups (broad SMARTS) is 2. The van der Waals surface area contributed by atoms with Crippen LogP contribution in [0, 0.1) is 10.8 Å². The first-order valence-electron chi connectivity index (χ1n) is 22.3. The number of carbonyl (C=O) groups excluding carboxylic acids is 2. The zero-order valence-electron chi connectivity index (χ0n) is 34.9. The van der Waals surface area contributed by atoms with E-state index in [-0.39, 0.29) is 59.8 Å². The van der Waals surface area contributed by atoms with Crippen molar-refractivity contribution in [2.45, 2.75) is 166 Å². The van der Waals surface area contributed by atoms with E-state index in [9.17, 15) is 29.4 Å². The molecule has 1 aromatic carbocycles. The Kier molecular flexibility index (Phi) is 18.2. The van der Waals surface area contributed by atoms with Crippen LogP contribution in [0.1, 0.15) is 139 Å². The van der Waals surface area contributed by atoms with Gasteiger partial charge in [0.15, 0.2) is 0 Å². The number of carbonyl (C=O) groups is 4. The Morgan fingerprint density at radius 1 is 0.661 bits per heavy atom. The largest absolute Gasteiger partial charge is 0.481 e. The van der Waals surface area contributed by atoms with Gasteiger partial charge < -0.3 is 30.2 Å². The van der Waals surface area contributed by atoms with Crippen molar-refractivity contribution < 1.29 is 39.6 Å². The third-order valence-electron chi connectivity index (χ3n) is 13.3. The third-order valence-corrected chi connectivity index (χ3v) is 14.2. The van der Waals surface area contributed by atoms with E-state index >= 15 is 0 Å². The first-order chi connectivity index (χ1) is 28.5. The molecule has 59 heavy (non-hydrogen) atoms. The van der Waals surface area contributed by atoms with Crippen LogP contribution in [0.5, 0.6) is 0 Å². The van der Waals surface area contributed by atoms with Crippen molar-refractivity contribution in [1.82, 2.24) is 9.80 Å². The predicted molar refractivity (Wildman–Crippen MR) is 232 cm³/mol. The van der Waals surface area contributed by atoms with Crippen LogP contribution in [0.3, 0.4) is 0 Å². The van der Waals surface area contributed by atoms with Gasteiger partial charge in [-0.05, 0) is 94.1 Å². The second-order valence-electron chi connectivity index (χ2n) is 17.5. The number of benzene rings is 1. The van der Waals surface area contributed by atoms with Crippen LogP contribution in [-0.4, -0.2) is 91.4 Å². The first kappa shape index (κ1) is 46.3. The van der Waals surface area contributed by atoms with Crippen LogP contribution in [-0.2, 0) is 32.0 Å². The normalized spacial score (nSPS) is 21.5. The summed E-state index contributed by atoms with van der Waals surface area (Å²) in [6.45, 7) is 1.48. The maximum Gasteiger partial charge on any atom is 0.303 e. The minimum Gasteiger partial charge on any atom is -0.481 e. The molecule has 4 N–H and O–H groups in total. The molecule has 10 nitrogen and oxygen atoms in total. The maximum atomic E-state index is 11.9. The number of likely N-dealkylation sites (tertiary alicyclic amines) is 2. The number of thiophene rings is 1. The number of rotatable bonds is 26. The Labute approximate surface area is 355 Å². The van der Waals surface area contributed by atoms with Gasteiger partial charge in [0.1, 0.15) is 0 Å². The molecule has 324 valence electrons. The number of nitrogens with zero attached hydrogens (tertiary/aromatic N) is 2. The molecule has 11 heteroatoms. The van der Waals surface area contributed by atoms with Crippen molar-refractivity contribution in [2.75, 3.05) is 13.1 Å². The molecule has 2 saturated carbocycles. The lowest BCUT2D eigenvalue weighted by atomic mass is 9.61. The standard InChI is InChI=1S/C25H35NO4.C23H33NO4S/c27-22(25(15-9-16-25)19-20-10-4-3-5-11-20)13-8-12-21-18-23(28)26(21)17-7-2-1-6-14-24(29)30;25-20(23(12-7-13-23)17-19-9-6-15-29-19)10-5-8-18-16-21(26)24(18)14-4-2-1-3-11-22(27)28/h3-5,8,10-12,21-22,27H,1-2,6-7,9,13-19H2,(H,29,30);5-6,8-9,15,18,20,25H,1-4,7,10-14,16-17H2,(H,27,28)/b12-8+;8-5+. The summed E-state index contributed by atoms with van der Waals surface area (Å²) >= 11 is 1.77. The highest BCUT2D eigenvalue weighted by Gasteiger charge is 2.44. The smallest absolute Gasteiger partial charge is 0.303 e. The molecule has 4 unspecified atom stereocenters. The Balaban J connectivity index is 0.000000224. The molecule has 0 radical (unpaired) electrons. The topological polar surface area (TPSA) is 156 Å². The first-order valence-corrected chi connectivity index (χ1v) is 23.2. The molecule has 4 fully saturated rings. The average molecular weight is 833 g/mol. The predicted octanol–water partition coefficient (Wildman–Crippen LogP) is 8.75. The SMILES string of the molecule is O=C(O)CCCCCCN1C(=O)CC1/C=C/CC(O)C1(Cc2ccccc2)CCC1.O=C(O)CCCCCCN1C(=O)CC1/C=C/CC(O)C1(Cc2cccs2)CCC1. The second kappa shape index (κ2) is 23.3. The van der Waals surface area contributed by atoms with Gasteiger partial charge in [-0.15, -0.1) is 11.3 Å². The van der Waals surface area contributed by atoms with Crippen LogP contribution in [0.2, 0.25) is 0 Å². The molecular weight excluding hydrogens is 765 g/mol. The van der Waals surface area contributed by atoms with E-state index < -0.39 is 11.9 Å². The fraction of sp³-hybridized carbons (Fsp3) is 0.625. The summed E-state index contributed by atoms with van der Waals surface area (Å²) in [5.41, 5.74) is 1.32. The Hall–Kier alpha value is -3.80. The summed E-state index contributed by atoms with van der Waals surface area (Å²) in [5.74, 6) is -1.10. The average Bonchev–Trinajstić information content (AvgIpc) is 3.69. The number of unbranched alkanes of at least 4 members (excludes halogenated alkanes) is 6. The van der Waals surface area contributed by atoms with E-state index in [2.05, 4.69) is 66.1 Å². The highest BCUT2D eigenvalue weighted by molar-refractivity contribution is 7.09. The van der Waals surface area contributed by atoms with Crippen molar-refractivity contribution in [3.8, 4) is 0 Å². The fourth-order valence-corrected chi connectivity index (χ4v) is 10.1. The van der Waals surface area contributed by atoms with E-state index in [1.807, 2.05) is 15.9 Å². The summed E-state index contributed by atoms with van der Waals surface area (Å²) in [7, 11) is 0. The molecule has 4 atom stereocenters. The van der Waals surface area contributed by atoms with Crippen molar-refractivity contribution in [3.05, 3.63) is 82.6 Å². The van der Waals surface area contributed by atoms with Gasteiger partial charge in [0.2, 0.25) is 11.8 Å². The molecule has 2 amide bonds. The molecule has 2 saturated heterocycles. The van der Waals surface area contributed by atoms with E-state index in [1.54, 1.807) is 11.3 Å². The molecule has 4 aliphatic rings. The molecule has 0 spiro atoms. The minimum absolute atomic E-state index is 0.00321. The molecule has 1 aromatic heterocycles. The lowest BCUT2D eigenvalue weighted by molar-refractivity contribution is -0.144. The van der Waals surface area contributed by atoms with Crippen LogP contribution < -0.4 is 0 Å². The van der Waals surface area contributed by atoms with E-state index in [1.165, 1.54) is 23.3 Å². The van der Waals surface area contributed by atoms with Crippen molar-refractivity contribution >= 4 is 35.1 Å². The van der Waals surface area contributed by atoms with Gasteiger partial charge >= 0.3 is 11.9 Å². The Morgan fingerprint density at radius 2 is 1.14 bits per heavy atom. The highest BCUT2D eigenvalue weighted by atomic mass is 32.1. The highest BCUT2D eigenvalue weighted by Crippen LogP contribution is 2.49. The summed E-state index contributed by atoms with van der Waals surface area (Å²) < 4.78 is 0. The number of aliphatic hydroxyl groups excluding tert-OH is 2. The monoisotopic (exact) mass is 832 g/mol. The summed E-state index contributed by atoms with van der Waals surface area (Å²) in [6, 6.07) is 15.0. The van der Waals surface area contributed by atoms with Gasteiger partial charge in [0.25, 0.3) is 0 Å². The van der Waals surface area contributed by atoms with E-state index in [4.69, 9.17) is 10.2 Å². The van der Waals surface area contributed by atoms with Crippen LogP contribution in [0.25, 0.3) is 0 Å². The van der Waals surface area contributed by atoms with Crippen molar-refractivity contribution in [3.63, 3.8) is 0 Å². The van der Waals surface area contributed by atoms with Crippen molar-refractivity contribution in [1.29, 1.82) is 0 Å². The molecule has 6 rings (SSSR count). The maximum absolute atomic E-state index is 11.9. The van der Waals surface area contributed by atoms with Gasteiger partial charge in [-0.25, -0.2) is 0 Å². The summed E-state index contributed by atoms with van der Waals surface area (Å²) in [4.78, 5) is 50.0. The molecule has 2 aliphatic heterocycles. The van der Waals surface area contributed by atoms with Gasteiger partial charge in [0, 0.05) is 41.6 Å². The molecular formula is C48H68N2O8S. The molecule has 3 heterocycles. The van der Waals surface area contributed by atoms with Crippen molar-refractivity contribution in [2.24, 2.45) is 10.8 Å². The van der Waals surface area contributed by atoms with Gasteiger partial charge in [-0.2, -0.15) is 0 Å². The number of hydrogen-bond donors (Lipinski definition) is 4. The lowest BCUT2D eigenvalue weighted by Crippen LogP contribution is -2.51. The fourth-order valence-electron chi connectivity index (χ4n) is 9.22. The molecule has 0 bridgehead atoms. The third kappa shape index (κ3) is 13.9. The molecule has 2 aromatic rings. The Bertz CT molecular complexity index is 1670. The zero-order valence-corrected chi connectivity index (χ0v) is 35.7. The summed E-state index contributed by atoms with van der Waals surface area (Å²) in [5, 5.41) is 41.1. The van der Waals surface area contributed by atoms with Gasteiger partial charge in [-0.3, -0.25) is 19.2 Å². The van der Waals surface area contributed by atoms with Gasteiger partial charge in [0.05, 0.1) is 37.1 Å². The second-order valence-corrected chi connectivity index (χ2v) is 18.6. The van der Waals surface area contributed by atoms with E-state index in [0.717, 1.165) is 90.1 Å². The molecule has 2 aliphatic carbocycles. The number of amides is 2. The number of carboxylic acids is 2. The number of aliphatic hydroxyl groups is 2. The quantitative estimate of drug-likeness (QED) is 0.0417. The minimum atomic E-state index is -0.743. The van der Waals surface area contributed by atoms with Crippen LogP contribution in [0.15, 0.2) is 72.1 Å². The zero-order chi connectivity index (χ0) is 42.1. The number of β-lactam (4-membered cyclic amide) rings is 2.